The maximum Gasteiger partial charge on any atom is 0.257 e. The third-order valence-corrected chi connectivity index (χ3v) is 3.76. The second kappa shape index (κ2) is 5.95. The van der Waals surface area contributed by atoms with E-state index in [0.717, 1.165) is 6.42 Å². The highest BCUT2D eigenvalue weighted by atomic mass is 16.5. The number of carbonyl (C=O) groups is 1. The molecule has 0 bridgehead atoms. The first-order valence-corrected chi connectivity index (χ1v) is 6.95. The van der Waals surface area contributed by atoms with Gasteiger partial charge in [-0.25, -0.2) is 0 Å². The molecule has 4 heteroatoms. The molecule has 0 aliphatic heterocycles. The van der Waals surface area contributed by atoms with Crippen molar-refractivity contribution in [2.24, 2.45) is 5.92 Å². The summed E-state index contributed by atoms with van der Waals surface area (Å²) in [6.07, 6.45) is 3.39. The molecule has 1 aromatic rings. The molecule has 2 unspecified atom stereocenters. The summed E-state index contributed by atoms with van der Waals surface area (Å²) in [6, 6.07) is 5.57. The first-order valence-electron chi connectivity index (χ1n) is 6.95. The van der Waals surface area contributed by atoms with Crippen LogP contribution in [-0.4, -0.2) is 18.6 Å². The number of rotatable bonds is 4. The maximum absolute atomic E-state index is 12.4. The Morgan fingerprint density at radius 2 is 2.26 bits per heavy atom. The van der Waals surface area contributed by atoms with Gasteiger partial charge in [-0.15, -0.1) is 0 Å². The van der Waals surface area contributed by atoms with Gasteiger partial charge in [-0.05, 0) is 37.8 Å². The van der Waals surface area contributed by atoms with Gasteiger partial charge in [-0.3, -0.25) is 4.79 Å². The van der Waals surface area contributed by atoms with E-state index < -0.39 is 0 Å². The zero-order valence-corrected chi connectivity index (χ0v) is 11.6. The third-order valence-electron chi connectivity index (χ3n) is 3.76. The van der Waals surface area contributed by atoms with Gasteiger partial charge in [0.2, 0.25) is 0 Å². The molecule has 1 aliphatic carbocycles. The summed E-state index contributed by atoms with van der Waals surface area (Å²) in [6.45, 7) is 4.59. The van der Waals surface area contributed by atoms with Crippen molar-refractivity contribution in [1.82, 2.24) is 5.32 Å². The van der Waals surface area contributed by atoms with Gasteiger partial charge in [0.15, 0.2) is 0 Å². The van der Waals surface area contributed by atoms with Crippen LogP contribution in [0.25, 0.3) is 0 Å². The van der Waals surface area contributed by atoms with Crippen molar-refractivity contribution in [1.29, 1.82) is 0 Å². The summed E-state index contributed by atoms with van der Waals surface area (Å²) < 4.78 is 5.49. The van der Waals surface area contributed by atoms with Crippen molar-refractivity contribution in [3.05, 3.63) is 23.8 Å². The Balaban J connectivity index is 2.18. The van der Waals surface area contributed by atoms with Crippen LogP contribution < -0.4 is 15.8 Å². The zero-order valence-electron chi connectivity index (χ0n) is 11.6. The molecular weight excluding hydrogens is 240 g/mol. The third kappa shape index (κ3) is 3.00. The zero-order chi connectivity index (χ0) is 13.8. The van der Waals surface area contributed by atoms with E-state index >= 15 is 0 Å². The molecule has 0 saturated heterocycles. The topological polar surface area (TPSA) is 64.3 Å². The maximum atomic E-state index is 12.4. The molecule has 0 aromatic heterocycles. The number of nitrogen functional groups attached to an aromatic ring is 1. The first kappa shape index (κ1) is 13.7. The Kier molecular flexibility index (Phi) is 4.30. The Hall–Kier alpha value is -1.71. The van der Waals surface area contributed by atoms with E-state index in [9.17, 15) is 4.79 Å². The largest absolute Gasteiger partial charge is 0.493 e. The Morgan fingerprint density at radius 3 is 2.89 bits per heavy atom. The van der Waals surface area contributed by atoms with Gasteiger partial charge >= 0.3 is 0 Å². The monoisotopic (exact) mass is 262 g/mol. The average Bonchev–Trinajstić information content (AvgIpc) is 2.75. The van der Waals surface area contributed by atoms with Crippen molar-refractivity contribution in [3.63, 3.8) is 0 Å². The standard InChI is InChI=1S/C15H22N2O2/c1-3-19-13-9-5-7-11(16)14(13)15(18)17-12-8-4-6-10(12)2/h5,7,9-10,12H,3-4,6,8,16H2,1-2H3,(H,17,18). The summed E-state index contributed by atoms with van der Waals surface area (Å²) in [5, 5.41) is 3.09. The number of carbonyl (C=O) groups excluding carboxylic acids is 1. The summed E-state index contributed by atoms with van der Waals surface area (Å²) >= 11 is 0. The molecule has 2 rings (SSSR count). The van der Waals surface area contributed by atoms with Crippen molar-refractivity contribution >= 4 is 11.6 Å². The van der Waals surface area contributed by atoms with E-state index in [4.69, 9.17) is 10.5 Å². The summed E-state index contributed by atoms with van der Waals surface area (Å²) in [7, 11) is 0. The predicted molar refractivity (Wildman–Crippen MR) is 76.3 cm³/mol. The van der Waals surface area contributed by atoms with Gasteiger partial charge in [0.25, 0.3) is 5.91 Å². The molecule has 3 N–H and O–H groups in total. The SMILES string of the molecule is CCOc1cccc(N)c1C(=O)NC1CCCC1C. The van der Waals surface area contributed by atoms with Gasteiger partial charge in [0.05, 0.1) is 6.61 Å². The fraction of sp³-hybridized carbons (Fsp3) is 0.533. The molecule has 0 spiro atoms. The van der Waals surface area contributed by atoms with Crippen LogP contribution in [0.1, 0.15) is 43.5 Å². The normalized spacial score (nSPS) is 22.2. The predicted octanol–water partition coefficient (Wildman–Crippen LogP) is 2.59. The number of amides is 1. The van der Waals surface area contributed by atoms with E-state index in [1.165, 1.54) is 12.8 Å². The molecule has 2 atom stereocenters. The lowest BCUT2D eigenvalue weighted by Gasteiger charge is -2.19. The number of hydrogen-bond donors (Lipinski definition) is 2. The number of benzene rings is 1. The Morgan fingerprint density at radius 1 is 1.47 bits per heavy atom. The van der Waals surface area contributed by atoms with Gasteiger partial charge in [-0.2, -0.15) is 0 Å². The van der Waals surface area contributed by atoms with Crippen molar-refractivity contribution in [2.75, 3.05) is 12.3 Å². The lowest BCUT2D eigenvalue weighted by atomic mass is 10.1. The molecule has 0 heterocycles. The van der Waals surface area contributed by atoms with Crippen LogP contribution >= 0.6 is 0 Å². The van der Waals surface area contributed by atoms with E-state index in [-0.39, 0.29) is 11.9 Å². The van der Waals surface area contributed by atoms with Gasteiger partial charge < -0.3 is 15.8 Å². The molecule has 104 valence electrons. The van der Waals surface area contributed by atoms with Crippen LogP contribution in [0.2, 0.25) is 0 Å². The van der Waals surface area contributed by atoms with Gasteiger partial charge in [-0.1, -0.05) is 19.4 Å². The smallest absolute Gasteiger partial charge is 0.257 e. The van der Waals surface area contributed by atoms with E-state index in [2.05, 4.69) is 12.2 Å². The highest BCUT2D eigenvalue weighted by Crippen LogP contribution is 2.28. The number of hydrogen-bond acceptors (Lipinski definition) is 3. The first-order chi connectivity index (χ1) is 9.13. The molecule has 1 saturated carbocycles. The molecule has 4 nitrogen and oxygen atoms in total. The highest BCUT2D eigenvalue weighted by molar-refractivity contribution is 6.02. The second-order valence-electron chi connectivity index (χ2n) is 5.14. The van der Waals surface area contributed by atoms with Crippen LogP contribution in [0.4, 0.5) is 5.69 Å². The van der Waals surface area contributed by atoms with E-state index in [1.807, 2.05) is 6.92 Å². The van der Waals surface area contributed by atoms with E-state index in [0.29, 0.717) is 29.5 Å². The van der Waals surface area contributed by atoms with Crippen molar-refractivity contribution in [2.45, 2.75) is 39.2 Å². The minimum absolute atomic E-state index is 0.125. The van der Waals surface area contributed by atoms with Crippen LogP contribution in [0.3, 0.4) is 0 Å². The molecule has 0 radical (unpaired) electrons. The minimum atomic E-state index is -0.125. The van der Waals surface area contributed by atoms with E-state index in [1.54, 1.807) is 18.2 Å². The molecule has 1 aliphatic rings. The second-order valence-corrected chi connectivity index (χ2v) is 5.14. The summed E-state index contributed by atoms with van der Waals surface area (Å²) in [5.41, 5.74) is 6.85. The summed E-state index contributed by atoms with van der Waals surface area (Å²) in [4.78, 5) is 12.4. The minimum Gasteiger partial charge on any atom is -0.493 e. The lowest BCUT2D eigenvalue weighted by Crippen LogP contribution is -2.37. The van der Waals surface area contributed by atoms with Crippen molar-refractivity contribution < 1.29 is 9.53 Å². The quantitative estimate of drug-likeness (QED) is 0.820. The number of anilines is 1. The van der Waals surface area contributed by atoms with Crippen LogP contribution in [0.5, 0.6) is 5.75 Å². The number of nitrogens with one attached hydrogen (secondary N) is 1. The molecule has 1 aromatic carbocycles. The number of nitrogens with two attached hydrogens (primary N) is 1. The molecule has 1 amide bonds. The van der Waals surface area contributed by atoms with Crippen LogP contribution in [0, 0.1) is 5.92 Å². The average molecular weight is 262 g/mol. The Bertz CT molecular complexity index is 459. The van der Waals surface area contributed by atoms with Gasteiger partial charge in [0.1, 0.15) is 11.3 Å². The molecule has 1 fully saturated rings. The molecule has 19 heavy (non-hydrogen) atoms. The highest BCUT2D eigenvalue weighted by Gasteiger charge is 2.26. The van der Waals surface area contributed by atoms with Crippen molar-refractivity contribution in [3.8, 4) is 5.75 Å². The molecular formula is C15H22N2O2. The fourth-order valence-electron chi connectivity index (χ4n) is 2.67. The van der Waals surface area contributed by atoms with Gasteiger partial charge in [0, 0.05) is 11.7 Å². The Labute approximate surface area is 114 Å². The summed E-state index contributed by atoms with van der Waals surface area (Å²) in [5.74, 6) is 0.968. The fourth-order valence-corrected chi connectivity index (χ4v) is 2.67. The number of ether oxygens (including phenoxy) is 1. The lowest BCUT2D eigenvalue weighted by molar-refractivity contribution is 0.0927. The van der Waals surface area contributed by atoms with Crippen LogP contribution in [0.15, 0.2) is 18.2 Å². The van der Waals surface area contributed by atoms with Crippen LogP contribution in [-0.2, 0) is 0 Å².